The Hall–Kier alpha value is -2.77. The maximum absolute atomic E-state index is 14.0. The third-order valence-electron chi connectivity index (χ3n) is 4.77. The topological polar surface area (TPSA) is 17.8 Å². The largest absolute Gasteiger partial charge is 0.299 e. The van der Waals surface area contributed by atoms with Crippen molar-refractivity contribution in [2.75, 3.05) is 0 Å². The molecule has 0 spiro atoms. The van der Waals surface area contributed by atoms with Gasteiger partial charge in [-0.15, -0.1) is 0 Å². The van der Waals surface area contributed by atoms with Gasteiger partial charge in [0.1, 0.15) is 11.4 Å². The molecule has 146 valence electrons. The quantitative estimate of drug-likeness (QED) is 0.436. The van der Waals surface area contributed by atoms with Crippen molar-refractivity contribution in [3.8, 4) is 5.69 Å². The molecule has 4 rings (SSSR count). The number of aromatic nitrogens is 2. The highest BCUT2D eigenvalue weighted by Gasteiger charge is 2.27. The van der Waals surface area contributed by atoms with E-state index < -0.39 is 7.92 Å². The molecule has 0 bridgehead atoms. The second-order valence-electron chi connectivity index (χ2n) is 8.03. The zero-order chi connectivity index (χ0) is 20.4. The van der Waals surface area contributed by atoms with Crippen LogP contribution in [0.15, 0.2) is 91.1 Å². The Morgan fingerprint density at radius 1 is 0.793 bits per heavy atom. The van der Waals surface area contributed by atoms with E-state index in [1.807, 2.05) is 18.2 Å². The van der Waals surface area contributed by atoms with E-state index in [0.717, 1.165) is 16.9 Å². The Balaban J connectivity index is 1.98. The highest BCUT2D eigenvalue weighted by Crippen LogP contribution is 2.34. The molecule has 0 atom stereocenters. The van der Waals surface area contributed by atoms with E-state index in [-0.39, 0.29) is 11.2 Å². The number of hydrogen-bond acceptors (Lipinski definition) is 1. The Kier molecular flexibility index (Phi) is 5.34. The lowest BCUT2D eigenvalue weighted by Gasteiger charge is -2.20. The van der Waals surface area contributed by atoms with E-state index in [0.29, 0.717) is 0 Å². The zero-order valence-corrected chi connectivity index (χ0v) is 17.8. The third-order valence-corrected chi connectivity index (χ3v) is 7.12. The van der Waals surface area contributed by atoms with Crippen LogP contribution >= 0.6 is 7.92 Å². The molecule has 0 radical (unpaired) electrons. The molecule has 0 N–H and O–H groups in total. The molecule has 0 saturated carbocycles. The summed E-state index contributed by atoms with van der Waals surface area (Å²) in [5.74, 6) is -0.247. The molecule has 0 saturated heterocycles. The lowest BCUT2D eigenvalue weighted by Crippen LogP contribution is -2.27. The van der Waals surface area contributed by atoms with Gasteiger partial charge in [0.05, 0.1) is 11.4 Å². The van der Waals surface area contributed by atoms with Crippen molar-refractivity contribution in [1.82, 2.24) is 9.55 Å². The van der Waals surface area contributed by atoms with Gasteiger partial charge in [0.2, 0.25) is 0 Å². The molecule has 3 aromatic carbocycles. The molecule has 1 aromatic heterocycles. The first-order chi connectivity index (χ1) is 13.9. The van der Waals surface area contributed by atoms with Gasteiger partial charge in [-0.3, -0.25) is 4.57 Å². The lowest BCUT2D eigenvalue weighted by atomic mass is 9.93. The van der Waals surface area contributed by atoms with Crippen molar-refractivity contribution < 1.29 is 4.39 Å². The molecule has 29 heavy (non-hydrogen) atoms. The van der Waals surface area contributed by atoms with Crippen LogP contribution in [0, 0.1) is 5.82 Å². The van der Waals surface area contributed by atoms with Crippen LogP contribution in [-0.4, -0.2) is 9.55 Å². The van der Waals surface area contributed by atoms with E-state index >= 15 is 0 Å². The van der Waals surface area contributed by atoms with Gasteiger partial charge in [-0.1, -0.05) is 87.5 Å². The molecule has 2 nitrogen and oxygen atoms in total. The van der Waals surface area contributed by atoms with Crippen molar-refractivity contribution in [2.24, 2.45) is 0 Å². The first kappa shape index (κ1) is 19.5. The minimum Gasteiger partial charge on any atom is -0.299 e. The predicted molar refractivity (Wildman–Crippen MR) is 121 cm³/mol. The van der Waals surface area contributed by atoms with Crippen LogP contribution in [-0.2, 0) is 5.41 Å². The summed E-state index contributed by atoms with van der Waals surface area (Å²) in [5, 5.41) is 2.44. The van der Waals surface area contributed by atoms with Crippen molar-refractivity contribution in [3.05, 3.63) is 103 Å². The SMILES string of the molecule is CC(C)(C)c1cn(-c2cccc(F)c2)c(P(c2ccccc2)c2ccccc2)n1. The molecule has 0 aliphatic carbocycles. The molecular formula is C25H24FN2P. The summed E-state index contributed by atoms with van der Waals surface area (Å²) in [7, 11) is -0.897. The van der Waals surface area contributed by atoms with Gasteiger partial charge in [0.15, 0.2) is 0 Å². The number of halogens is 1. The van der Waals surface area contributed by atoms with Gasteiger partial charge in [0, 0.05) is 19.5 Å². The molecule has 0 fully saturated rings. The molecule has 0 aliphatic rings. The van der Waals surface area contributed by atoms with E-state index in [9.17, 15) is 4.39 Å². The Morgan fingerprint density at radius 3 is 1.90 bits per heavy atom. The highest BCUT2D eigenvalue weighted by atomic mass is 31.1. The average Bonchev–Trinajstić information content (AvgIpc) is 3.15. The molecule has 4 aromatic rings. The van der Waals surface area contributed by atoms with Crippen LogP contribution in [0.3, 0.4) is 0 Å². The van der Waals surface area contributed by atoms with Crippen LogP contribution in [0.25, 0.3) is 5.69 Å². The fourth-order valence-electron chi connectivity index (χ4n) is 3.24. The van der Waals surface area contributed by atoms with Crippen molar-refractivity contribution in [2.45, 2.75) is 26.2 Å². The van der Waals surface area contributed by atoms with Gasteiger partial charge in [-0.05, 0) is 28.8 Å². The molecule has 0 amide bonds. The summed E-state index contributed by atoms with van der Waals surface area (Å²) in [5.41, 5.74) is 2.63. The van der Waals surface area contributed by atoms with Crippen LogP contribution in [0.5, 0.6) is 0 Å². The normalized spacial score (nSPS) is 11.8. The first-order valence-corrected chi connectivity index (χ1v) is 11.0. The predicted octanol–water partition coefficient (Wildman–Crippen LogP) is 5.07. The van der Waals surface area contributed by atoms with Gasteiger partial charge >= 0.3 is 0 Å². The summed E-state index contributed by atoms with van der Waals surface area (Å²) in [4.78, 5) is 5.11. The average molecular weight is 402 g/mol. The number of rotatable bonds is 4. The minimum atomic E-state index is -0.897. The summed E-state index contributed by atoms with van der Waals surface area (Å²) >= 11 is 0. The van der Waals surface area contributed by atoms with Crippen LogP contribution < -0.4 is 16.2 Å². The van der Waals surface area contributed by atoms with E-state index in [1.165, 1.54) is 16.7 Å². The second-order valence-corrected chi connectivity index (χ2v) is 10.1. The zero-order valence-electron chi connectivity index (χ0n) is 16.9. The van der Waals surface area contributed by atoms with Crippen LogP contribution in [0.4, 0.5) is 4.39 Å². The fraction of sp³-hybridized carbons (Fsp3) is 0.160. The Labute approximate surface area is 172 Å². The molecule has 1 heterocycles. The monoisotopic (exact) mass is 402 g/mol. The van der Waals surface area contributed by atoms with Crippen LogP contribution in [0.1, 0.15) is 26.5 Å². The van der Waals surface area contributed by atoms with Crippen molar-refractivity contribution >= 4 is 24.1 Å². The fourth-order valence-corrected chi connectivity index (χ4v) is 5.54. The smallest absolute Gasteiger partial charge is 0.145 e. The van der Waals surface area contributed by atoms with Gasteiger partial charge in [0.25, 0.3) is 0 Å². The number of benzene rings is 3. The first-order valence-electron chi connectivity index (χ1n) is 9.69. The lowest BCUT2D eigenvalue weighted by molar-refractivity contribution is 0.572. The highest BCUT2D eigenvalue weighted by molar-refractivity contribution is 7.79. The number of hydrogen-bond donors (Lipinski definition) is 0. The molecular weight excluding hydrogens is 378 g/mol. The maximum Gasteiger partial charge on any atom is 0.145 e. The maximum atomic E-state index is 14.0. The van der Waals surface area contributed by atoms with Crippen molar-refractivity contribution in [3.63, 3.8) is 0 Å². The Bertz CT molecular complexity index is 1060. The second kappa shape index (κ2) is 7.93. The van der Waals surface area contributed by atoms with Gasteiger partial charge in [-0.25, -0.2) is 9.37 Å². The summed E-state index contributed by atoms with van der Waals surface area (Å²) in [6, 6.07) is 27.7. The van der Waals surface area contributed by atoms with E-state index in [2.05, 4.69) is 80.1 Å². The number of imidazole rings is 1. The van der Waals surface area contributed by atoms with E-state index in [4.69, 9.17) is 4.98 Å². The standard InChI is InChI=1S/C25H24FN2P/c1-25(2,3)23-18-28(20-12-10-11-19(26)17-20)24(27-23)29(21-13-6-4-7-14-21)22-15-8-5-9-16-22/h4-18H,1-3H3. The molecule has 0 unspecified atom stereocenters. The van der Waals surface area contributed by atoms with E-state index in [1.54, 1.807) is 12.1 Å². The van der Waals surface area contributed by atoms with Crippen LogP contribution in [0.2, 0.25) is 0 Å². The summed E-state index contributed by atoms with van der Waals surface area (Å²) in [6.07, 6.45) is 2.06. The van der Waals surface area contributed by atoms with Gasteiger partial charge in [-0.2, -0.15) is 0 Å². The third kappa shape index (κ3) is 4.16. The summed E-state index contributed by atoms with van der Waals surface area (Å²) < 4.78 is 16.1. The number of nitrogens with zero attached hydrogens (tertiary/aromatic N) is 2. The minimum absolute atomic E-state index is 0.109. The molecule has 4 heteroatoms. The Morgan fingerprint density at radius 2 is 1.38 bits per heavy atom. The summed E-state index contributed by atoms with van der Waals surface area (Å²) in [6.45, 7) is 6.47. The molecule has 0 aliphatic heterocycles. The van der Waals surface area contributed by atoms with Gasteiger partial charge < -0.3 is 0 Å². The van der Waals surface area contributed by atoms with Crippen molar-refractivity contribution in [1.29, 1.82) is 0 Å².